The highest BCUT2D eigenvalue weighted by atomic mass is 15.3. The zero-order valence-electron chi connectivity index (χ0n) is 11.9. The van der Waals surface area contributed by atoms with E-state index in [1.807, 2.05) is 17.1 Å². The van der Waals surface area contributed by atoms with E-state index in [1.165, 1.54) is 5.69 Å². The number of imidazole rings is 1. The van der Waals surface area contributed by atoms with Gasteiger partial charge in [0.05, 0.1) is 18.6 Å². The summed E-state index contributed by atoms with van der Waals surface area (Å²) < 4.78 is 4.16. The summed E-state index contributed by atoms with van der Waals surface area (Å²) in [4.78, 5) is 4.22. The lowest BCUT2D eigenvalue weighted by molar-refractivity contribution is 0.535. The first-order valence-corrected chi connectivity index (χ1v) is 6.77. The van der Waals surface area contributed by atoms with Gasteiger partial charge >= 0.3 is 0 Å². The number of nitrogens with one attached hydrogen (secondary N) is 1. The lowest BCUT2D eigenvalue weighted by atomic mass is 10.2. The number of nitrogens with zero attached hydrogens (tertiary/aromatic N) is 5. The molecule has 0 atom stereocenters. The van der Waals surface area contributed by atoms with Gasteiger partial charge < -0.3 is 14.5 Å². The molecular formula is C13H22N6. The van der Waals surface area contributed by atoms with E-state index in [1.54, 1.807) is 6.33 Å². The van der Waals surface area contributed by atoms with Crippen molar-refractivity contribution in [2.75, 3.05) is 6.54 Å². The second kappa shape index (κ2) is 6.47. The Morgan fingerprint density at radius 1 is 1.26 bits per heavy atom. The lowest BCUT2D eigenvalue weighted by Crippen LogP contribution is -2.21. The van der Waals surface area contributed by atoms with Crippen molar-refractivity contribution >= 4 is 0 Å². The maximum atomic E-state index is 4.22. The highest BCUT2D eigenvalue weighted by Gasteiger charge is 2.07. The van der Waals surface area contributed by atoms with E-state index in [-0.39, 0.29) is 0 Å². The molecule has 0 spiro atoms. The first-order valence-electron chi connectivity index (χ1n) is 6.77. The summed E-state index contributed by atoms with van der Waals surface area (Å²) in [5.74, 6) is 1.62. The molecule has 0 unspecified atom stereocenters. The van der Waals surface area contributed by atoms with E-state index in [9.17, 15) is 0 Å². The van der Waals surface area contributed by atoms with Crippen molar-refractivity contribution in [3.63, 3.8) is 0 Å². The Morgan fingerprint density at radius 2 is 2.11 bits per heavy atom. The fourth-order valence-electron chi connectivity index (χ4n) is 1.94. The molecule has 19 heavy (non-hydrogen) atoms. The number of hydrogen-bond donors (Lipinski definition) is 1. The van der Waals surface area contributed by atoms with Gasteiger partial charge in [-0.25, -0.2) is 4.98 Å². The molecule has 0 amide bonds. The van der Waals surface area contributed by atoms with Crippen LogP contribution in [-0.4, -0.2) is 30.9 Å². The van der Waals surface area contributed by atoms with Crippen LogP contribution in [-0.2, 0) is 19.6 Å². The van der Waals surface area contributed by atoms with Crippen molar-refractivity contribution in [2.45, 2.75) is 40.4 Å². The average molecular weight is 262 g/mol. The molecule has 2 rings (SSSR count). The maximum absolute atomic E-state index is 4.22. The quantitative estimate of drug-likeness (QED) is 0.817. The predicted molar refractivity (Wildman–Crippen MR) is 73.6 cm³/mol. The first-order chi connectivity index (χ1) is 9.20. The second-order valence-electron chi connectivity index (χ2n) is 5.07. The fourth-order valence-corrected chi connectivity index (χ4v) is 1.94. The fraction of sp³-hybridized carbons (Fsp3) is 0.615. The van der Waals surface area contributed by atoms with Crippen LogP contribution in [0.3, 0.4) is 0 Å². The van der Waals surface area contributed by atoms with Gasteiger partial charge in [0.15, 0.2) is 5.82 Å². The molecule has 1 N–H and O–H groups in total. The van der Waals surface area contributed by atoms with Gasteiger partial charge in [0, 0.05) is 19.3 Å². The summed E-state index contributed by atoms with van der Waals surface area (Å²) in [5.41, 5.74) is 1.17. The van der Waals surface area contributed by atoms with Gasteiger partial charge in [-0.1, -0.05) is 13.8 Å². The molecule has 2 aromatic rings. The van der Waals surface area contributed by atoms with Gasteiger partial charge in [0.25, 0.3) is 0 Å². The van der Waals surface area contributed by atoms with Gasteiger partial charge in [-0.3, -0.25) is 0 Å². The van der Waals surface area contributed by atoms with Gasteiger partial charge in [0.2, 0.25) is 0 Å². The van der Waals surface area contributed by atoms with Crippen LogP contribution in [0.25, 0.3) is 0 Å². The van der Waals surface area contributed by atoms with Crippen LogP contribution in [0, 0.1) is 5.92 Å². The molecule has 0 saturated carbocycles. The molecule has 0 bridgehead atoms. The van der Waals surface area contributed by atoms with Crippen LogP contribution < -0.4 is 5.32 Å². The minimum absolute atomic E-state index is 0.652. The number of aryl methyl sites for hydroxylation is 1. The SMILES string of the molecule is CCn1cnnc1Cn1cncc1CNCC(C)C. The minimum atomic E-state index is 0.652. The Morgan fingerprint density at radius 3 is 2.84 bits per heavy atom. The third-order valence-electron chi connectivity index (χ3n) is 3.01. The van der Waals surface area contributed by atoms with Crippen molar-refractivity contribution < 1.29 is 0 Å². The zero-order chi connectivity index (χ0) is 13.7. The standard InChI is InChI=1S/C13H22N6/c1-4-18-10-16-17-13(18)8-19-9-15-7-12(19)6-14-5-11(2)3/h7,9-11,14H,4-6,8H2,1-3H3. The van der Waals surface area contributed by atoms with Crippen molar-refractivity contribution in [1.29, 1.82) is 0 Å². The molecule has 6 nitrogen and oxygen atoms in total. The zero-order valence-corrected chi connectivity index (χ0v) is 11.9. The second-order valence-corrected chi connectivity index (χ2v) is 5.07. The van der Waals surface area contributed by atoms with Gasteiger partial charge in [-0.05, 0) is 19.4 Å². The van der Waals surface area contributed by atoms with E-state index < -0.39 is 0 Å². The van der Waals surface area contributed by atoms with E-state index in [2.05, 4.69) is 45.8 Å². The number of rotatable bonds is 7. The smallest absolute Gasteiger partial charge is 0.152 e. The molecular weight excluding hydrogens is 240 g/mol. The molecule has 0 aliphatic rings. The Labute approximate surface area is 113 Å². The van der Waals surface area contributed by atoms with Crippen LogP contribution >= 0.6 is 0 Å². The highest BCUT2D eigenvalue weighted by Crippen LogP contribution is 2.04. The molecule has 0 radical (unpaired) electrons. The summed E-state index contributed by atoms with van der Waals surface area (Å²) in [6, 6.07) is 0. The molecule has 104 valence electrons. The Balaban J connectivity index is 1.99. The van der Waals surface area contributed by atoms with Crippen LogP contribution in [0.1, 0.15) is 32.3 Å². The summed E-state index contributed by atoms with van der Waals surface area (Å²) in [6.07, 6.45) is 5.52. The lowest BCUT2D eigenvalue weighted by Gasteiger charge is -2.10. The number of aromatic nitrogens is 5. The van der Waals surface area contributed by atoms with Crippen LogP contribution in [0.4, 0.5) is 0 Å². The van der Waals surface area contributed by atoms with Crippen molar-refractivity contribution in [2.24, 2.45) is 5.92 Å². The molecule has 0 aromatic carbocycles. The first kappa shape index (κ1) is 13.7. The van der Waals surface area contributed by atoms with E-state index >= 15 is 0 Å². The monoisotopic (exact) mass is 262 g/mol. The molecule has 0 aliphatic heterocycles. The normalized spacial score (nSPS) is 11.4. The molecule has 0 fully saturated rings. The average Bonchev–Trinajstić information content (AvgIpc) is 2.99. The third-order valence-corrected chi connectivity index (χ3v) is 3.01. The summed E-state index contributed by atoms with van der Waals surface area (Å²) in [5, 5.41) is 11.5. The van der Waals surface area contributed by atoms with Crippen molar-refractivity contribution in [3.05, 3.63) is 30.4 Å². The summed E-state index contributed by atoms with van der Waals surface area (Å²) >= 11 is 0. The molecule has 0 aliphatic carbocycles. The Kier molecular flexibility index (Phi) is 4.68. The Hall–Kier alpha value is -1.69. The summed E-state index contributed by atoms with van der Waals surface area (Å²) in [6.45, 7) is 9.94. The predicted octanol–water partition coefficient (Wildman–Crippen LogP) is 1.29. The van der Waals surface area contributed by atoms with E-state index in [4.69, 9.17) is 0 Å². The topological polar surface area (TPSA) is 60.6 Å². The Bertz CT molecular complexity index is 499. The molecule has 0 saturated heterocycles. The number of hydrogen-bond acceptors (Lipinski definition) is 4. The molecule has 2 heterocycles. The van der Waals surface area contributed by atoms with E-state index in [0.717, 1.165) is 25.5 Å². The maximum Gasteiger partial charge on any atom is 0.152 e. The van der Waals surface area contributed by atoms with Gasteiger partial charge in [0.1, 0.15) is 6.33 Å². The van der Waals surface area contributed by atoms with Gasteiger partial charge in [-0.15, -0.1) is 10.2 Å². The summed E-state index contributed by atoms with van der Waals surface area (Å²) in [7, 11) is 0. The van der Waals surface area contributed by atoms with Crippen molar-refractivity contribution in [1.82, 2.24) is 29.6 Å². The van der Waals surface area contributed by atoms with Crippen LogP contribution in [0.15, 0.2) is 18.9 Å². The van der Waals surface area contributed by atoms with Crippen molar-refractivity contribution in [3.8, 4) is 0 Å². The van der Waals surface area contributed by atoms with E-state index in [0.29, 0.717) is 12.5 Å². The van der Waals surface area contributed by atoms with Gasteiger partial charge in [-0.2, -0.15) is 0 Å². The third kappa shape index (κ3) is 3.64. The largest absolute Gasteiger partial charge is 0.326 e. The minimum Gasteiger partial charge on any atom is -0.326 e. The van der Waals surface area contributed by atoms with Crippen LogP contribution in [0.2, 0.25) is 0 Å². The van der Waals surface area contributed by atoms with Crippen LogP contribution in [0.5, 0.6) is 0 Å². The molecule has 2 aromatic heterocycles. The highest BCUT2D eigenvalue weighted by molar-refractivity contribution is 5.01. The molecule has 6 heteroatoms.